The number of hydrogen-bond acceptors (Lipinski definition) is 4. The van der Waals surface area contributed by atoms with E-state index in [4.69, 9.17) is 4.74 Å². The molecular weight excluding hydrogens is 318 g/mol. The first kappa shape index (κ1) is 17.7. The maximum absolute atomic E-state index is 12.3. The fourth-order valence-electron chi connectivity index (χ4n) is 3.34. The second-order valence-corrected chi connectivity index (χ2v) is 6.70. The lowest BCUT2D eigenvalue weighted by atomic mass is 10.1. The Morgan fingerprint density at radius 3 is 2.12 bits per heavy atom. The van der Waals surface area contributed by atoms with Gasteiger partial charge in [-0.15, -0.1) is 0 Å². The average molecular weight is 345 g/mol. The van der Waals surface area contributed by atoms with E-state index in [1.807, 2.05) is 40.1 Å². The fourth-order valence-corrected chi connectivity index (χ4v) is 3.34. The summed E-state index contributed by atoms with van der Waals surface area (Å²) in [6.45, 7) is 5.14. The molecule has 0 unspecified atom stereocenters. The van der Waals surface area contributed by atoms with Gasteiger partial charge in [0.15, 0.2) is 6.61 Å². The van der Waals surface area contributed by atoms with Crippen LogP contribution < -0.4 is 4.74 Å². The van der Waals surface area contributed by atoms with Crippen LogP contribution in [0.25, 0.3) is 0 Å². The number of ether oxygens (including phenoxy) is 1. The molecule has 2 aliphatic heterocycles. The van der Waals surface area contributed by atoms with Crippen molar-refractivity contribution in [3.63, 3.8) is 0 Å². The Kier molecular flexibility index (Phi) is 6.28. The van der Waals surface area contributed by atoms with Crippen LogP contribution >= 0.6 is 0 Å². The third-order valence-corrected chi connectivity index (χ3v) is 4.90. The van der Waals surface area contributed by atoms with Gasteiger partial charge in [-0.2, -0.15) is 0 Å². The second-order valence-electron chi connectivity index (χ2n) is 6.70. The molecule has 2 fully saturated rings. The van der Waals surface area contributed by atoms with Gasteiger partial charge in [-0.25, -0.2) is 0 Å². The van der Waals surface area contributed by atoms with E-state index >= 15 is 0 Å². The number of likely N-dealkylation sites (tertiary alicyclic amines) is 1. The van der Waals surface area contributed by atoms with Crippen molar-refractivity contribution < 1.29 is 14.3 Å². The Balaban J connectivity index is 1.37. The van der Waals surface area contributed by atoms with Crippen molar-refractivity contribution >= 4 is 11.8 Å². The number of carbonyl (C=O) groups excluding carboxylic acids is 2. The Labute approximate surface area is 149 Å². The molecule has 2 amide bonds. The van der Waals surface area contributed by atoms with Gasteiger partial charge in [0, 0.05) is 39.3 Å². The van der Waals surface area contributed by atoms with Gasteiger partial charge in [0.05, 0.1) is 6.54 Å². The highest BCUT2D eigenvalue weighted by atomic mass is 16.5. The largest absolute Gasteiger partial charge is 0.484 e. The molecule has 0 N–H and O–H groups in total. The molecule has 2 heterocycles. The molecule has 0 atom stereocenters. The van der Waals surface area contributed by atoms with E-state index < -0.39 is 0 Å². The molecule has 6 heteroatoms. The molecule has 25 heavy (non-hydrogen) atoms. The van der Waals surface area contributed by atoms with Crippen molar-refractivity contribution in [1.82, 2.24) is 14.7 Å². The highest BCUT2D eigenvalue weighted by molar-refractivity contribution is 5.79. The minimum atomic E-state index is 0.00543. The van der Waals surface area contributed by atoms with Crippen LogP contribution in [0.4, 0.5) is 0 Å². The number of amides is 2. The number of para-hydroxylation sites is 1. The molecule has 3 rings (SSSR count). The van der Waals surface area contributed by atoms with E-state index in [1.165, 1.54) is 6.42 Å². The zero-order valence-corrected chi connectivity index (χ0v) is 14.7. The minimum absolute atomic E-state index is 0.00543. The van der Waals surface area contributed by atoms with Gasteiger partial charge in [0.25, 0.3) is 5.91 Å². The van der Waals surface area contributed by atoms with Gasteiger partial charge in [0.2, 0.25) is 5.91 Å². The van der Waals surface area contributed by atoms with Gasteiger partial charge in [-0.05, 0) is 31.4 Å². The first-order valence-corrected chi connectivity index (χ1v) is 9.18. The quantitative estimate of drug-likeness (QED) is 0.805. The molecule has 0 bridgehead atoms. The van der Waals surface area contributed by atoms with Crippen molar-refractivity contribution in [2.24, 2.45) is 0 Å². The Bertz CT molecular complexity index is 565. The van der Waals surface area contributed by atoms with E-state index in [2.05, 4.69) is 4.90 Å². The van der Waals surface area contributed by atoms with Crippen LogP contribution in [0, 0.1) is 0 Å². The monoisotopic (exact) mass is 345 g/mol. The summed E-state index contributed by atoms with van der Waals surface area (Å²) < 4.78 is 5.53. The van der Waals surface area contributed by atoms with Gasteiger partial charge < -0.3 is 14.5 Å². The van der Waals surface area contributed by atoms with Crippen molar-refractivity contribution in [1.29, 1.82) is 0 Å². The van der Waals surface area contributed by atoms with Gasteiger partial charge in [0.1, 0.15) is 5.75 Å². The lowest BCUT2D eigenvalue weighted by molar-refractivity contribution is -0.136. The molecule has 136 valence electrons. The van der Waals surface area contributed by atoms with Gasteiger partial charge in [-0.3, -0.25) is 14.5 Å². The number of rotatable bonds is 5. The predicted molar refractivity (Wildman–Crippen MR) is 95.4 cm³/mol. The van der Waals surface area contributed by atoms with E-state index in [9.17, 15) is 9.59 Å². The normalized spacial score (nSPS) is 18.9. The molecule has 6 nitrogen and oxygen atoms in total. The maximum Gasteiger partial charge on any atom is 0.260 e. The Morgan fingerprint density at radius 1 is 0.800 bits per heavy atom. The van der Waals surface area contributed by atoms with Crippen molar-refractivity contribution in [2.45, 2.75) is 19.3 Å². The summed E-state index contributed by atoms with van der Waals surface area (Å²) in [7, 11) is 0. The summed E-state index contributed by atoms with van der Waals surface area (Å²) in [5.41, 5.74) is 0. The third-order valence-electron chi connectivity index (χ3n) is 4.90. The smallest absolute Gasteiger partial charge is 0.260 e. The minimum Gasteiger partial charge on any atom is -0.484 e. The van der Waals surface area contributed by atoms with Gasteiger partial charge in [-0.1, -0.05) is 18.2 Å². The molecule has 2 aliphatic rings. The molecule has 1 aromatic rings. The number of benzene rings is 1. The maximum atomic E-state index is 12.3. The Hall–Kier alpha value is -2.08. The van der Waals surface area contributed by atoms with E-state index in [0.717, 1.165) is 39.0 Å². The van der Waals surface area contributed by atoms with Crippen LogP contribution in [0.3, 0.4) is 0 Å². The molecule has 0 spiro atoms. The third kappa shape index (κ3) is 5.19. The van der Waals surface area contributed by atoms with Crippen LogP contribution in [-0.4, -0.2) is 78.9 Å². The number of nitrogens with zero attached hydrogens (tertiary/aromatic N) is 3. The van der Waals surface area contributed by atoms with Crippen LogP contribution in [-0.2, 0) is 9.59 Å². The van der Waals surface area contributed by atoms with Crippen molar-refractivity contribution in [3.8, 4) is 5.75 Å². The molecule has 0 aromatic heterocycles. The van der Waals surface area contributed by atoms with E-state index in [1.54, 1.807) is 0 Å². The topological polar surface area (TPSA) is 53.1 Å². The standard InChI is InChI=1S/C19H27N3O3/c23-18(21-9-5-2-6-10-21)15-20-11-13-22(14-12-20)19(24)16-25-17-7-3-1-4-8-17/h1,3-4,7-8H,2,5-6,9-16H2. The first-order chi connectivity index (χ1) is 12.2. The molecule has 1 aromatic carbocycles. The molecule has 0 radical (unpaired) electrons. The van der Waals surface area contributed by atoms with E-state index in [-0.39, 0.29) is 18.4 Å². The summed E-state index contributed by atoms with van der Waals surface area (Å²) in [5.74, 6) is 0.944. The molecular formula is C19H27N3O3. The van der Waals surface area contributed by atoms with Crippen LogP contribution in [0.1, 0.15) is 19.3 Å². The lowest BCUT2D eigenvalue weighted by Gasteiger charge is -2.36. The average Bonchev–Trinajstić information content (AvgIpc) is 2.68. The second kappa shape index (κ2) is 8.85. The summed E-state index contributed by atoms with van der Waals surface area (Å²) in [5, 5.41) is 0. The van der Waals surface area contributed by atoms with Crippen LogP contribution in [0.15, 0.2) is 30.3 Å². The molecule has 2 saturated heterocycles. The summed E-state index contributed by atoms with van der Waals surface area (Å²) in [6, 6.07) is 9.38. The van der Waals surface area contributed by atoms with Crippen molar-refractivity contribution in [2.75, 3.05) is 52.4 Å². The van der Waals surface area contributed by atoms with Crippen molar-refractivity contribution in [3.05, 3.63) is 30.3 Å². The zero-order valence-electron chi connectivity index (χ0n) is 14.7. The summed E-state index contributed by atoms with van der Waals surface area (Å²) in [6.07, 6.45) is 3.47. The zero-order chi connectivity index (χ0) is 17.5. The fraction of sp³-hybridized carbons (Fsp3) is 0.579. The highest BCUT2D eigenvalue weighted by Gasteiger charge is 2.24. The van der Waals surface area contributed by atoms with Crippen LogP contribution in [0.5, 0.6) is 5.75 Å². The first-order valence-electron chi connectivity index (χ1n) is 9.18. The van der Waals surface area contributed by atoms with E-state index in [0.29, 0.717) is 25.4 Å². The summed E-state index contributed by atoms with van der Waals surface area (Å²) in [4.78, 5) is 30.5. The Morgan fingerprint density at radius 2 is 1.44 bits per heavy atom. The summed E-state index contributed by atoms with van der Waals surface area (Å²) >= 11 is 0. The highest BCUT2D eigenvalue weighted by Crippen LogP contribution is 2.11. The molecule has 0 aliphatic carbocycles. The SMILES string of the molecule is O=C(COc1ccccc1)N1CCN(CC(=O)N2CCCCC2)CC1. The number of piperidine rings is 1. The predicted octanol–water partition coefficient (Wildman–Crippen LogP) is 1.22. The number of hydrogen-bond donors (Lipinski definition) is 0. The van der Waals surface area contributed by atoms with Gasteiger partial charge >= 0.3 is 0 Å². The molecule has 0 saturated carbocycles. The number of piperazine rings is 1. The number of carbonyl (C=O) groups is 2. The van der Waals surface area contributed by atoms with Crippen LogP contribution in [0.2, 0.25) is 0 Å². The lowest BCUT2D eigenvalue weighted by Crippen LogP contribution is -2.52.